The van der Waals surface area contributed by atoms with Crippen LogP contribution in [0, 0.1) is 13.8 Å². The zero-order chi connectivity index (χ0) is 13.7. The number of thiophene rings is 1. The topological polar surface area (TPSA) is 98.2 Å². The van der Waals surface area contributed by atoms with Gasteiger partial charge in [0.1, 0.15) is 5.00 Å². The fraction of sp³-hybridized carbons (Fsp3) is 0.455. The smallest absolute Gasteiger partial charge is 0.251 e. The standard InChI is InChI=1S/C11H17N3O2S2/c1-6-7(2)18-11(9(6)10(13)16)14-8(15)5-17-4-3-12/h3-5,12H2,1-2H3,(H2,13,16)(H,14,15). The van der Waals surface area contributed by atoms with E-state index in [0.717, 1.165) is 16.2 Å². The van der Waals surface area contributed by atoms with Crippen LogP contribution in [0.4, 0.5) is 5.00 Å². The van der Waals surface area contributed by atoms with Crippen LogP contribution in [-0.4, -0.2) is 29.9 Å². The van der Waals surface area contributed by atoms with Crippen molar-refractivity contribution < 1.29 is 9.59 Å². The first-order chi connectivity index (χ1) is 8.47. The van der Waals surface area contributed by atoms with Crippen molar-refractivity contribution in [3.8, 4) is 0 Å². The largest absolute Gasteiger partial charge is 0.365 e. The third-order valence-corrected chi connectivity index (χ3v) is 4.49. The number of rotatable bonds is 6. The first-order valence-electron chi connectivity index (χ1n) is 5.44. The lowest BCUT2D eigenvalue weighted by molar-refractivity contribution is -0.113. The van der Waals surface area contributed by atoms with Crippen molar-refractivity contribution in [3.63, 3.8) is 0 Å². The van der Waals surface area contributed by atoms with E-state index in [9.17, 15) is 9.59 Å². The first kappa shape index (κ1) is 15.0. The molecule has 5 N–H and O–H groups in total. The fourth-order valence-electron chi connectivity index (χ4n) is 1.42. The van der Waals surface area contributed by atoms with Gasteiger partial charge in [-0.05, 0) is 19.4 Å². The molecule has 0 aliphatic carbocycles. The Labute approximate surface area is 114 Å². The van der Waals surface area contributed by atoms with Crippen molar-refractivity contribution in [2.75, 3.05) is 23.4 Å². The van der Waals surface area contributed by atoms with E-state index in [-0.39, 0.29) is 5.91 Å². The lowest BCUT2D eigenvalue weighted by atomic mass is 10.1. The summed E-state index contributed by atoms with van der Waals surface area (Å²) in [6, 6.07) is 0. The monoisotopic (exact) mass is 287 g/mol. The van der Waals surface area contributed by atoms with Crippen LogP contribution in [0.1, 0.15) is 20.8 Å². The maximum Gasteiger partial charge on any atom is 0.251 e. The van der Waals surface area contributed by atoms with Crippen molar-refractivity contribution in [2.45, 2.75) is 13.8 Å². The van der Waals surface area contributed by atoms with Crippen molar-refractivity contribution in [1.29, 1.82) is 0 Å². The van der Waals surface area contributed by atoms with E-state index in [1.165, 1.54) is 23.1 Å². The maximum absolute atomic E-state index is 11.7. The van der Waals surface area contributed by atoms with Gasteiger partial charge in [0.05, 0.1) is 11.3 Å². The number of amides is 2. The van der Waals surface area contributed by atoms with Gasteiger partial charge in [-0.1, -0.05) is 0 Å². The number of hydrogen-bond acceptors (Lipinski definition) is 5. The second-order valence-electron chi connectivity index (χ2n) is 3.74. The number of anilines is 1. The molecular weight excluding hydrogens is 270 g/mol. The van der Waals surface area contributed by atoms with Crippen LogP contribution in [0.25, 0.3) is 0 Å². The Morgan fingerprint density at radius 1 is 1.39 bits per heavy atom. The molecule has 0 aromatic carbocycles. The van der Waals surface area contributed by atoms with Crippen molar-refractivity contribution >= 4 is 39.9 Å². The number of aryl methyl sites for hydroxylation is 1. The summed E-state index contributed by atoms with van der Waals surface area (Å²) >= 11 is 2.83. The van der Waals surface area contributed by atoms with Crippen molar-refractivity contribution in [2.24, 2.45) is 11.5 Å². The number of carbonyl (C=O) groups excluding carboxylic acids is 2. The summed E-state index contributed by atoms with van der Waals surface area (Å²) in [5.74, 6) is 0.406. The van der Waals surface area contributed by atoms with Gasteiger partial charge in [0.15, 0.2) is 0 Å². The number of carbonyl (C=O) groups is 2. The van der Waals surface area contributed by atoms with Crippen LogP contribution in [0.2, 0.25) is 0 Å². The molecule has 1 aromatic rings. The molecule has 0 radical (unpaired) electrons. The molecule has 0 saturated heterocycles. The van der Waals surface area contributed by atoms with E-state index >= 15 is 0 Å². The molecule has 1 aromatic heterocycles. The zero-order valence-electron chi connectivity index (χ0n) is 10.4. The van der Waals surface area contributed by atoms with Crippen LogP contribution in [0.5, 0.6) is 0 Å². The molecule has 0 spiro atoms. The summed E-state index contributed by atoms with van der Waals surface area (Å²) in [5, 5.41) is 3.27. The molecule has 2 amide bonds. The Hall–Kier alpha value is -1.05. The minimum absolute atomic E-state index is 0.141. The zero-order valence-corrected chi connectivity index (χ0v) is 12.0. The molecule has 0 unspecified atom stereocenters. The average molecular weight is 287 g/mol. The van der Waals surface area contributed by atoms with Gasteiger partial charge in [-0.2, -0.15) is 11.8 Å². The second kappa shape index (κ2) is 6.77. The molecule has 0 saturated carbocycles. The lowest BCUT2D eigenvalue weighted by Crippen LogP contribution is -2.19. The van der Waals surface area contributed by atoms with Gasteiger partial charge in [-0.3, -0.25) is 9.59 Å². The lowest BCUT2D eigenvalue weighted by Gasteiger charge is -2.04. The first-order valence-corrected chi connectivity index (χ1v) is 7.42. The van der Waals surface area contributed by atoms with Gasteiger partial charge < -0.3 is 16.8 Å². The molecule has 100 valence electrons. The van der Waals surface area contributed by atoms with Crippen LogP contribution < -0.4 is 16.8 Å². The predicted octanol–water partition coefficient (Wildman–Crippen LogP) is 1.09. The van der Waals surface area contributed by atoms with E-state index in [0.29, 0.717) is 22.9 Å². The molecule has 5 nitrogen and oxygen atoms in total. The molecule has 0 bridgehead atoms. The third-order valence-electron chi connectivity index (χ3n) is 2.38. The number of nitrogens with two attached hydrogens (primary N) is 2. The Bertz CT molecular complexity index is 457. The maximum atomic E-state index is 11.7. The van der Waals surface area contributed by atoms with E-state index < -0.39 is 5.91 Å². The fourth-order valence-corrected chi connectivity index (χ4v) is 3.07. The molecule has 18 heavy (non-hydrogen) atoms. The normalized spacial score (nSPS) is 10.4. The summed E-state index contributed by atoms with van der Waals surface area (Å²) in [7, 11) is 0. The van der Waals surface area contributed by atoms with Crippen LogP contribution in [0.15, 0.2) is 0 Å². The van der Waals surface area contributed by atoms with Gasteiger partial charge in [0, 0.05) is 17.2 Å². The molecule has 7 heteroatoms. The average Bonchev–Trinajstić information content (AvgIpc) is 2.54. The van der Waals surface area contributed by atoms with Crippen LogP contribution >= 0.6 is 23.1 Å². The van der Waals surface area contributed by atoms with Gasteiger partial charge in [0.2, 0.25) is 5.91 Å². The molecule has 0 fully saturated rings. The highest BCUT2D eigenvalue weighted by atomic mass is 32.2. The summed E-state index contributed by atoms with van der Waals surface area (Å²) < 4.78 is 0. The third kappa shape index (κ3) is 3.72. The number of thioether (sulfide) groups is 1. The molecule has 1 rings (SSSR count). The van der Waals surface area contributed by atoms with Crippen molar-refractivity contribution in [3.05, 3.63) is 16.0 Å². The molecular formula is C11H17N3O2S2. The minimum Gasteiger partial charge on any atom is -0.365 e. The molecule has 0 aliphatic rings. The van der Waals surface area contributed by atoms with E-state index in [1.807, 2.05) is 13.8 Å². The summed E-state index contributed by atoms with van der Waals surface area (Å²) in [5.41, 5.74) is 11.9. The van der Waals surface area contributed by atoms with E-state index in [1.54, 1.807) is 0 Å². The minimum atomic E-state index is -0.512. The Morgan fingerprint density at radius 2 is 2.06 bits per heavy atom. The second-order valence-corrected chi connectivity index (χ2v) is 6.07. The predicted molar refractivity (Wildman–Crippen MR) is 77.3 cm³/mol. The molecule has 0 aliphatic heterocycles. The van der Waals surface area contributed by atoms with Gasteiger partial charge >= 0.3 is 0 Å². The highest BCUT2D eigenvalue weighted by Crippen LogP contribution is 2.32. The molecule has 1 heterocycles. The van der Waals surface area contributed by atoms with E-state index in [2.05, 4.69) is 5.32 Å². The quantitative estimate of drug-likeness (QED) is 0.682. The molecule has 0 atom stereocenters. The van der Waals surface area contributed by atoms with Gasteiger partial charge in [-0.25, -0.2) is 0 Å². The Morgan fingerprint density at radius 3 is 2.61 bits per heavy atom. The SMILES string of the molecule is Cc1sc(NC(=O)CSCCN)c(C(N)=O)c1C. The van der Waals surface area contributed by atoms with Crippen molar-refractivity contribution in [1.82, 2.24) is 0 Å². The Balaban J connectivity index is 2.75. The highest BCUT2D eigenvalue weighted by molar-refractivity contribution is 7.99. The van der Waals surface area contributed by atoms with Crippen LogP contribution in [0.3, 0.4) is 0 Å². The van der Waals surface area contributed by atoms with Crippen LogP contribution in [-0.2, 0) is 4.79 Å². The highest BCUT2D eigenvalue weighted by Gasteiger charge is 2.18. The number of primary amides is 1. The van der Waals surface area contributed by atoms with Gasteiger partial charge in [0.25, 0.3) is 5.91 Å². The van der Waals surface area contributed by atoms with E-state index in [4.69, 9.17) is 11.5 Å². The summed E-state index contributed by atoms with van der Waals surface area (Å²) in [4.78, 5) is 24.0. The Kier molecular flexibility index (Phi) is 5.64. The number of nitrogens with one attached hydrogen (secondary N) is 1. The van der Waals surface area contributed by atoms with Gasteiger partial charge in [-0.15, -0.1) is 11.3 Å². The summed E-state index contributed by atoms with van der Waals surface area (Å²) in [6.07, 6.45) is 0. The summed E-state index contributed by atoms with van der Waals surface area (Å²) in [6.45, 7) is 4.26. The number of hydrogen-bond donors (Lipinski definition) is 3.